The highest BCUT2D eigenvalue weighted by Gasteiger charge is 2.30. The summed E-state index contributed by atoms with van der Waals surface area (Å²) in [7, 11) is 0. The number of hydrogen-bond acceptors (Lipinski definition) is 7. The standard InChI is InChI=1S/C21H20N8/c1-14-7-17(10-23-26-14)19-8-16(9-20-25-21(22)27-29(19)20)18-11-24-28(13-18)12-15-5-3-2-4-6-15/h2-11,13,20H,12H2,1H3,(H3,22,25,27). The minimum absolute atomic E-state index is 0.226. The van der Waals surface area contributed by atoms with Crippen LogP contribution in [0.25, 0.3) is 11.3 Å². The Morgan fingerprint density at radius 3 is 2.83 bits per heavy atom. The normalized spacial score (nSPS) is 17.9. The van der Waals surface area contributed by atoms with Crippen LogP contribution in [0.1, 0.15) is 22.4 Å². The second kappa shape index (κ2) is 6.90. The Balaban J connectivity index is 1.50. The van der Waals surface area contributed by atoms with E-state index < -0.39 is 0 Å². The summed E-state index contributed by atoms with van der Waals surface area (Å²) < 4.78 is 1.94. The zero-order chi connectivity index (χ0) is 19.8. The zero-order valence-corrected chi connectivity index (χ0v) is 15.9. The van der Waals surface area contributed by atoms with Gasteiger partial charge in [-0.25, -0.2) is 4.99 Å². The molecular formula is C21H20N8. The first-order valence-corrected chi connectivity index (χ1v) is 9.35. The number of fused-ring (bicyclic) bond motifs is 1. The van der Waals surface area contributed by atoms with Crippen LogP contribution in [0.4, 0.5) is 0 Å². The molecule has 0 radical (unpaired) electrons. The van der Waals surface area contributed by atoms with E-state index >= 15 is 0 Å². The number of aryl methyl sites for hydroxylation is 1. The molecule has 0 bridgehead atoms. The molecule has 2 aromatic heterocycles. The Hall–Kier alpha value is -3.94. The first-order valence-electron chi connectivity index (χ1n) is 9.35. The predicted octanol–water partition coefficient (Wildman–Crippen LogP) is 1.93. The van der Waals surface area contributed by atoms with Crippen LogP contribution in [0.5, 0.6) is 0 Å². The SMILES string of the molecule is Cc1cc(C2=CC(c3cnn(Cc4ccccc4)c3)=CC3N=C(N)NN23)cnn1. The Bertz CT molecular complexity index is 1140. The summed E-state index contributed by atoms with van der Waals surface area (Å²) in [4.78, 5) is 4.49. The van der Waals surface area contributed by atoms with Crippen LogP contribution in [0, 0.1) is 6.92 Å². The number of guanidine groups is 1. The molecule has 0 fully saturated rings. The first-order chi connectivity index (χ1) is 14.2. The van der Waals surface area contributed by atoms with Gasteiger partial charge in [-0.3, -0.25) is 15.1 Å². The van der Waals surface area contributed by atoms with E-state index in [1.165, 1.54) is 5.56 Å². The monoisotopic (exact) mass is 384 g/mol. The van der Waals surface area contributed by atoms with Gasteiger partial charge in [-0.1, -0.05) is 30.3 Å². The molecule has 1 aromatic carbocycles. The third-order valence-corrected chi connectivity index (χ3v) is 4.88. The van der Waals surface area contributed by atoms with Crippen molar-refractivity contribution < 1.29 is 0 Å². The molecule has 0 saturated heterocycles. The van der Waals surface area contributed by atoms with E-state index in [0.717, 1.165) is 34.6 Å². The number of benzene rings is 1. The molecule has 3 aromatic rings. The lowest BCUT2D eigenvalue weighted by Crippen LogP contribution is -2.42. The lowest BCUT2D eigenvalue weighted by molar-refractivity contribution is 0.335. The number of allylic oxidation sites excluding steroid dienone is 2. The number of hydrazine groups is 1. The van der Waals surface area contributed by atoms with Crippen molar-refractivity contribution >= 4 is 17.2 Å². The van der Waals surface area contributed by atoms with E-state index in [0.29, 0.717) is 5.96 Å². The maximum absolute atomic E-state index is 5.94. The van der Waals surface area contributed by atoms with Gasteiger partial charge in [-0.05, 0) is 36.3 Å². The molecule has 8 nitrogen and oxygen atoms in total. The number of nitrogens with two attached hydrogens (primary N) is 1. The topological polar surface area (TPSA) is 97.2 Å². The van der Waals surface area contributed by atoms with E-state index in [9.17, 15) is 0 Å². The summed E-state index contributed by atoms with van der Waals surface area (Å²) in [6, 6.07) is 12.3. The second-order valence-electron chi connectivity index (χ2n) is 7.06. The van der Waals surface area contributed by atoms with E-state index in [1.807, 2.05) is 53.3 Å². The third kappa shape index (κ3) is 3.36. The third-order valence-electron chi connectivity index (χ3n) is 4.88. The molecule has 2 aliphatic rings. The van der Waals surface area contributed by atoms with Gasteiger partial charge in [0.1, 0.15) is 0 Å². The van der Waals surface area contributed by atoms with Gasteiger partial charge < -0.3 is 5.73 Å². The van der Waals surface area contributed by atoms with Gasteiger partial charge in [0, 0.05) is 17.3 Å². The van der Waals surface area contributed by atoms with Crippen molar-refractivity contribution in [3.05, 3.63) is 89.5 Å². The fraction of sp³-hybridized carbons (Fsp3) is 0.143. The summed E-state index contributed by atoms with van der Waals surface area (Å²) in [5.41, 5.74) is 15.0. The molecule has 5 rings (SSSR count). The van der Waals surface area contributed by atoms with E-state index in [2.05, 4.69) is 50.0 Å². The number of aromatic nitrogens is 4. The molecule has 29 heavy (non-hydrogen) atoms. The number of nitrogens with zero attached hydrogens (tertiary/aromatic N) is 6. The van der Waals surface area contributed by atoms with Crippen LogP contribution in [0.3, 0.4) is 0 Å². The van der Waals surface area contributed by atoms with Gasteiger partial charge in [0.05, 0.1) is 30.3 Å². The van der Waals surface area contributed by atoms with Crippen molar-refractivity contribution in [2.24, 2.45) is 10.7 Å². The van der Waals surface area contributed by atoms with Gasteiger partial charge in [0.15, 0.2) is 6.17 Å². The van der Waals surface area contributed by atoms with Gasteiger partial charge in [0.25, 0.3) is 0 Å². The van der Waals surface area contributed by atoms with Crippen molar-refractivity contribution in [2.75, 3.05) is 0 Å². The second-order valence-corrected chi connectivity index (χ2v) is 7.06. The van der Waals surface area contributed by atoms with E-state index in [4.69, 9.17) is 5.73 Å². The summed E-state index contributed by atoms with van der Waals surface area (Å²) >= 11 is 0. The highest BCUT2D eigenvalue weighted by molar-refractivity contribution is 5.89. The molecule has 144 valence electrons. The smallest absolute Gasteiger partial charge is 0.210 e. The van der Waals surface area contributed by atoms with Crippen LogP contribution in [-0.4, -0.2) is 37.1 Å². The first kappa shape index (κ1) is 17.2. The molecule has 3 N–H and O–H groups in total. The zero-order valence-electron chi connectivity index (χ0n) is 15.9. The maximum Gasteiger partial charge on any atom is 0.210 e. The number of hydrogen-bond donors (Lipinski definition) is 2. The minimum Gasteiger partial charge on any atom is -0.368 e. The molecule has 0 aliphatic carbocycles. The van der Waals surface area contributed by atoms with Crippen LogP contribution in [0.15, 0.2) is 72.1 Å². The van der Waals surface area contributed by atoms with Crippen molar-refractivity contribution in [1.82, 2.24) is 30.4 Å². The van der Waals surface area contributed by atoms with Gasteiger partial charge in [0.2, 0.25) is 5.96 Å². The summed E-state index contributed by atoms with van der Waals surface area (Å²) in [5.74, 6) is 0.386. The van der Waals surface area contributed by atoms with Crippen molar-refractivity contribution in [3.8, 4) is 0 Å². The average Bonchev–Trinajstić information content (AvgIpc) is 3.33. The molecule has 4 heterocycles. The Morgan fingerprint density at radius 2 is 2.00 bits per heavy atom. The van der Waals surface area contributed by atoms with E-state index in [-0.39, 0.29) is 6.17 Å². The maximum atomic E-state index is 5.94. The van der Waals surface area contributed by atoms with Gasteiger partial charge in [-0.2, -0.15) is 15.3 Å². The summed E-state index contributed by atoms with van der Waals surface area (Å²) in [6.45, 7) is 2.64. The average molecular weight is 384 g/mol. The van der Waals surface area contributed by atoms with Crippen molar-refractivity contribution in [1.29, 1.82) is 0 Å². The van der Waals surface area contributed by atoms with E-state index in [1.54, 1.807) is 6.20 Å². The minimum atomic E-state index is -0.226. The Morgan fingerprint density at radius 1 is 1.14 bits per heavy atom. The van der Waals surface area contributed by atoms with Gasteiger partial charge in [-0.15, -0.1) is 0 Å². The molecule has 2 aliphatic heterocycles. The molecule has 8 heteroatoms. The van der Waals surface area contributed by atoms with Crippen LogP contribution in [0.2, 0.25) is 0 Å². The van der Waals surface area contributed by atoms with Gasteiger partial charge >= 0.3 is 0 Å². The Labute approximate surface area is 168 Å². The largest absolute Gasteiger partial charge is 0.368 e. The summed E-state index contributed by atoms with van der Waals surface area (Å²) in [5, 5.41) is 14.6. The predicted molar refractivity (Wildman–Crippen MR) is 111 cm³/mol. The fourth-order valence-electron chi connectivity index (χ4n) is 3.54. The van der Waals surface area contributed by atoms with Crippen LogP contribution < -0.4 is 11.2 Å². The van der Waals surface area contributed by atoms with Crippen LogP contribution >= 0.6 is 0 Å². The van der Waals surface area contributed by atoms with Crippen molar-refractivity contribution in [2.45, 2.75) is 19.6 Å². The molecule has 0 spiro atoms. The molecule has 1 atom stereocenters. The highest BCUT2D eigenvalue weighted by atomic mass is 15.6. The number of rotatable bonds is 4. The molecule has 1 unspecified atom stereocenters. The quantitative estimate of drug-likeness (QED) is 0.713. The molecule has 0 amide bonds. The Kier molecular flexibility index (Phi) is 4.09. The molecule has 0 saturated carbocycles. The van der Waals surface area contributed by atoms with Crippen molar-refractivity contribution in [3.63, 3.8) is 0 Å². The lowest BCUT2D eigenvalue weighted by Gasteiger charge is -2.29. The highest BCUT2D eigenvalue weighted by Crippen LogP contribution is 2.33. The molecular weight excluding hydrogens is 364 g/mol. The number of nitrogens with one attached hydrogen (secondary N) is 1. The lowest BCUT2D eigenvalue weighted by atomic mass is 10.0. The van der Waals surface area contributed by atoms with Crippen LogP contribution in [-0.2, 0) is 6.54 Å². The summed E-state index contributed by atoms with van der Waals surface area (Å²) in [6.07, 6.45) is 9.61. The fourth-order valence-corrected chi connectivity index (χ4v) is 3.54. The number of aliphatic imine (C=N–C) groups is 1.